The van der Waals surface area contributed by atoms with E-state index in [1.165, 1.54) is 11.1 Å². The Morgan fingerprint density at radius 3 is 1.88 bits per heavy atom. The monoisotopic (exact) mass is 336 g/mol. The summed E-state index contributed by atoms with van der Waals surface area (Å²) in [6.45, 7) is 5.10. The van der Waals surface area contributed by atoms with E-state index in [1.807, 2.05) is 0 Å². The summed E-state index contributed by atoms with van der Waals surface area (Å²) >= 11 is 0. The number of carbonyl (C=O) groups is 3. The number of aliphatic carboxylic acids is 2. The van der Waals surface area contributed by atoms with Crippen LogP contribution in [0.25, 0.3) is 0 Å². The lowest BCUT2D eigenvalue weighted by atomic mass is 9.96. The zero-order valence-electron chi connectivity index (χ0n) is 13.8. The standard InChI is InChI=1S/C15H22N2O.C2H2O4/c1-2-12-3-5-13(6-4-12)11-17-9-7-14(8-10-17)15(16)18;3-1(4)2(5)6/h3-6,14H,2,7-11H2,1H3,(H2,16,18);(H,3,4)(H,5,6). The van der Waals surface area contributed by atoms with Crippen molar-refractivity contribution in [2.45, 2.75) is 32.7 Å². The number of carboxylic acids is 2. The second-order valence-corrected chi connectivity index (χ2v) is 5.73. The van der Waals surface area contributed by atoms with E-state index in [-0.39, 0.29) is 11.8 Å². The SMILES string of the molecule is CCc1ccc(CN2CCC(C(N)=O)CC2)cc1.O=C(O)C(=O)O. The molecule has 1 fully saturated rings. The molecule has 1 amide bonds. The van der Waals surface area contributed by atoms with Crippen molar-refractivity contribution in [3.05, 3.63) is 35.4 Å². The summed E-state index contributed by atoms with van der Waals surface area (Å²) < 4.78 is 0. The summed E-state index contributed by atoms with van der Waals surface area (Å²) in [5.74, 6) is -3.70. The number of primary amides is 1. The smallest absolute Gasteiger partial charge is 0.414 e. The van der Waals surface area contributed by atoms with Gasteiger partial charge in [0.2, 0.25) is 5.91 Å². The predicted molar refractivity (Wildman–Crippen MR) is 88.3 cm³/mol. The fraction of sp³-hybridized carbons (Fsp3) is 0.471. The molecule has 0 bridgehead atoms. The maximum atomic E-state index is 11.1. The Morgan fingerprint density at radius 2 is 1.50 bits per heavy atom. The van der Waals surface area contributed by atoms with Gasteiger partial charge in [0.15, 0.2) is 0 Å². The van der Waals surface area contributed by atoms with E-state index in [0.29, 0.717) is 0 Å². The van der Waals surface area contributed by atoms with Crippen LogP contribution < -0.4 is 5.73 Å². The first-order valence-electron chi connectivity index (χ1n) is 7.89. The molecular formula is C17H24N2O5. The number of amides is 1. The van der Waals surface area contributed by atoms with E-state index in [4.69, 9.17) is 25.5 Å². The molecular weight excluding hydrogens is 312 g/mol. The Kier molecular flexibility index (Phi) is 7.91. The third-order valence-electron chi connectivity index (χ3n) is 4.01. The molecule has 0 radical (unpaired) electrons. The molecule has 0 saturated carbocycles. The van der Waals surface area contributed by atoms with Crippen molar-refractivity contribution in [1.29, 1.82) is 0 Å². The predicted octanol–water partition coefficient (Wildman–Crippen LogP) is 1.10. The molecule has 0 unspecified atom stereocenters. The maximum Gasteiger partial charge on any atom is 0.414 e. The van der Waals surface area contributed by atoms with Gasteiger partial charge in [-0.2, -0.15) is 0 Å². The highest BCUT2D eigenvalue weighted by Gasteiger charge is 2.22. The average Bonchev–Trinajstić information content (AvgIpc) is 2.56. The Hall–Kier alpha value is -2.41. The van der Waals surface area contributed by atoms with Crippen LogP contribution in [-0.4, -0.2) is 46.0 Å². The van der Waals surface area contributed by atoms with Gasteiger partial charge in [0.25, 0.3) is 0 Å². The first-order chi connectivity index (χ1) is 11.3. The van der Waals surface area contributed by atoms with Crippen LogP contribution in [0.4, 0.5) is 0 Å². The van der Waals surface area contributed by atoms with Crippen LogP contribution in [0.15, 0.2) is 24.3 Å². The molecule has 1 saturated heterocycles. The summed E-state index contributed by atoms with van der Waals surface area (Å²) in [6.07, 6.45) is 2.90. The number of carbonyl (C=O) groups excluding carboxylic acids is 1. The van der Waals surface area contributed by atoms with E-state index < -0.39 is 11.9 Å². The zero-order chi connectivity index (χ0) is 18.1. The quantitative estimate of drug-likeness (QED) is 0.708. The molecule has 1 aliphatic heterocycles. The fourth-order valence-corrected chi connectivity index (χ4v) is 2.51. The molecule has 0 aliphatic carbocycles. The second-order valence-electron chi connectivity index (χ2n) is 5.73. The number of likely N-dealkylation sites (tertiary alicyclic amines) is 1. The molecule has 1 aliphatic rings. The molecule has 7 nitrogen and oxygen atoms in total. The van der Waals surface area contributed by atoms with Crippen molar-refractivity contribution in [2.75, 3.05) is 13.1 Å². The number of rotatable bonds is 4. The van der Waals surface area contributed by atoms with Crippen LogP contribution in [0, 0.1) is 5.92 Å². The van der Waals surface area contributed by atoms with Crippen LogP contribution in [0.2, 0.25) is 0 Å². The third-order valence-corrected chi connectivity index (χ3v) is 4.01. The van der Waals surface area contributed by atoms with Gasteiger partial charge >= 0.3 is 11.9 Å². The van der Waals surface area contributed by atoms with Crippen LogP contribution >= 0.6 is 0 Å². The van der Waals surface area contributed by atoms with E-state index in [0.717, 1.165) is 38.9 Å². The topological polar surface area (TPSA) is 121 Å². The van der Waals surface area contributed by atoms with Gasteiger partial charge in [-0.1, -0.05) is 31.2 Å². The molecule has 0 atom stereocenters. The van der Waals surface area contributed by atoms with Gasteiger partial charge < -0.3 is 15.9 Å². The lowest BCUT2D eigenvalue weighted by molar-refractivity contribution is -0.159. The van der Waals surface area contributed by atoms with Crippen molar-refractivity contribution in [1.82, 2.24) is 4.90 Å². The maximum absolute atomic E-state index is 11.1. The summed E-state index contributed by atoms with van der Waals surface area (Å²) in [6, 6.07) is 8.81. The summed E-state index contributed by atoms with van der Waals surface area (Å²) in [5, 5.41) is 14.8. The lowest BCUT2D eigenvalue weighted by Crippen LogP contribution is -2.38. The van der Waals surface area contributed by atoms with Gasteiger partial charge in [0, 0.05) is 12.5 Å². The molecule has 24 heavy (non-hydrogen) atoms. The third kappa shape index (κ3) is 6.78. The Balaban J connectivity index is 0.000000413. The Bertz CT molecular complexity index is 551. The highest BCUT2D eigenvalue weighted by molar-refractivity contribution is 6.27. The molecule has 2 rings (SSSR count). The lowest BCUT2D eigenvalue weighted by Gasteiger charge is -2.30. The highest BCUT2D eigenvalue weighted by atomic mass is 16.4. The van der Waals surface area contributed by atoms with E-state index in [1.54, 1.807) is 0 Å². The van der Waals surface area contributed by atoms with Crippen LogP contribution in [0.1, 0.15) is 30.9 Å². The minimum absolute atomic E-state index is 0.0868. The van der Waals surface area contributed by atoms with E-state index >= 15 is 0 Å². The van der Waals surface area contributed by atoms with Crippen LogP contribution in [0.3, 0.4) is 0 Å². The minimum atomic E-state index is -1.82. The van der Waals surface area contributed by atoms with Crippen molar-refractivity contribution in [3.8, 4) is 0 Å². The summed E-state index contributed by atoms with van der Waals surface area (Å²) in [5.41, 5.74) is 8.07. The molecule has 1 heterocycles. The van der Waals surface area contributed by atoms with Crippen LogP contribution in [-0.2, 0) is 27.3 Å². The van der Waals surface area contributed by atoms with Gasteiger partial charge in [-0.05, 0) is 43.5 Å². The first-order valence-corrected chi connectivity index (χ1v) is 7.89. The Labute approximate surface area is 141 Å². The molecule has 0 spiro atoms. The highest BCUT2D eigenvalue weighted by Crippen LogP contribution is 2.18. The number of aryl methyl sites for hydroxylation is 1. The van der Waals surface area contributed by atoms with Crippen molar-refractivity contribution < 1.29 is 24.6 Å². The minimum Gasteiger partial charge on any atom is -0.473 e. The number of hydrogen-bond acceptors (Lipinski definition) is 4. The summed E-state index contributed by atoms with van der Waals surface area (Å²) in [4.78, 5) is 31.7. The number of benzene rings is 1. The fourth-order valence-electron chi connectivity index (χ4n) is 2.51. The van der Waals surface area contributed by atoms with E-state index in [9.17, 15) is 4.79 Å². The van der Waals surface area contributed by atoms with Crippen molar-refractivity contribution in [3.63, 3.8) is 0 Å². The van der Waals surface area contributed by atoms with Crippen molar-refractivity contribution in [2.24, 2.45) is 11.7 Å². The normalized spacial score (nSPS) is 15.2. The molecule has 0 aromatic heterocycles. The van der Waals surface area contributed by atoms with Gasteiger partial charge in [-0.25, -0.2) is 9.59 Å². The van der Waals surface area contributed by atoms with E-state index in [2.05, 4.69) is 36.1 Å². The van der Waals surface area contributed by atoms with Gasteiger partial charge in [-0.3, -0.25) is 9.69 Å². The van der Waals surface area contributed by atoms with Crippen molar-refractivity contribution >= 4 is 17.8 Å². The first kappa shape index (κ1) is 19.6. The Morgan fingerprint density at radius 1 is 1.04 bits per heavy atom. The molecule has 132 valence electrons. The number of piperidine rings is 1. The zero-order valence-corrected chi connectivity index (χ0v) is 13.8. The number of carboxylic acid groups (broad SMARTS) is 2. The number of nitrogens with two attached hydrogens (primary N) is 1. The molecule has 4 N–H and O–H groups in total. The summed E-state index contributed by atoms with van der Waals surface area (Å²) in [7, 11) is 0. The second kappa shape index (κ2) is 9.67. The van der Waals surface area contributed by atoms with Crippen LogP contribution in [0.5, 0.6) is 0 Å². The number of nitrogens with zero attached hydrogens (tertiary/aromatic N) is 1. The number of hydrogen-bond donors (Lipinski definition) is 3. The van der Waals surface area contributed by atoms with Gasteiger partial charge in [-0.15, -0.1) is 0 Å². The molecule has 1 aromatic rings. The largest absolute Gasteiger partial charge is 0.473 e. The molecule has 7 heteroatoms. The van der Waals surface area contributed by atoms with Gasteiger partial charge in [0.05, 0.1) is 0 Å². The van der Waals surface area contributed by atoms with Gasteiger partial charge in [0.1, 0.15) is 0 Å². The average molecular weight is 336 g/mol. The molecule has 1 aromatic carbocycles.